The van der Waals surface area contributed by atoms with Crippen LogP contribution in [0.15, 0.2) is 59.1 Å². The molecule has 0 saturated heterocycles. The molecule has 0 unspecified atom stereocenters. The number of nitrogens with zero attached hydrogens (tertiary/aromatic N) is 1. The second kappa shape index (κ2) is 7.13. The Balaban J connectivity index is 1.82. The van der Waals surface area contributed by atoms with Gasteiger partial charge in [-0.25, -0.2) is 4.79 Å². The molecule has 0 aliphatic rings. The van der Waals surface area contributed by atoms with Crippen LogP contribution >= 0.6 is 0 Å². The Morgan fingerprint density at radius 3 is 2.38 bits per heavy atom. The summed E-state index contributed by atoms with van der Waals surface area (Å²) in [5.41, 5.74) is 4.47. The molecule has 0 saturated carbocycles. The van der Waals surface area contributed by atoms with E-state index >= 15 is 0 Å². The lowest BCUT2D eigenvalue weighted by molar-refractivity contribution is 0.0513. The van der Waals surface area contributed by atoms with Crippen LogP contribution in [-0.2, 0) is 11.2 Å². The number of hydrogen-bond acceptors (Lipinski definition) is 4. The summed E-state index contributed by atoms with van der Waals surface area (Å²) >= 11 is 0. The molecule has 24 heavy (non-hydrogen) atoms. The van der Waals surface area contributed by atoms with Crippen molar-refractivity contribution in [2.24, 2.45) is 0 Å². The Labute approximate surface area is 141 Å². The average Bonchev–Trinajstić information content (AvgIpc) is 2.97. The first-order valence-corrected chi connectivity index (χ1v) is 7.95. The summed E-state index contributed by atoms with van der Waals surface area (Å²) in [7, 11) is 0. The van der Waals surface area contributed by atoms with Gasteiger partial charge < -0.3 is 9.26 Å². The summed E-state index contributed by atoms with van der Waals surface area (Å²) in [4.78, 5) is 12.0. The Morgan fingerprint density at radius 1 is 1.04 bits per heavy atom. The van der Waals surface area contributed by atoms with E-state index in [0.717, 1.165) is 16.7 Å². The summed E-state index contributed by atoms with van der Waals surface area (Å²) in [6, 6.07) is 18.5. The maximum atomic E-state index is 12.0. The Hall–Kier alpha value is -2.88. The summed E-state index contributed by atoms with van der Waals surface area (Å²) in [6.45, 7) is 3.90. The summed E-state index contributed by atoms with van der Waals surface area (Å²) in [5.74, 6) is 0.204. The van der Waals surface area contributed by atoms with Gasteiger partial charge in [0.25, 0.3) is 0 Å². The number of carbonyl (C=O) groups excluding carboxylic acids is 1. The molecule has 1 aromatic heterocycles. The fourth-order valence-electron chi connectivity index (χ4n) is 2.61. The highest BCUT2D eigenvalue weighted by atomic mass is 16.5. The van der Waals surface area contributed by atoms with Crippen molar-refractivity contribution in [1.82, 2.24) is 5.16 Å². The van der Waals surface area contributed by atoms with Crippen LogP contribution in [0.2, 0.25) is 0 Å². The van der Waals surface area contributed by atoms with E-state index in [1.54, 1.807) is 6.92 Å². The van der Waals surface area contributed by atoms with Crippen LogP contribution in [0.3, 0.4) is 0 Å². The van der Waals surface area contributed by atoms with Gasteiger partial charge in [-0.05, 0) is 30.5 Å². The lowest BCUT2D eigenvalue weighted by atomic mass is 9.99. The molecule has 4 nitrogen and oxygen atoms in total. The van der Waals surface area contributed by atoms with E-state index < -0.39 is 5.97 Å². The standard InChI is InChI=1S/C20H19NO3/c1-3-23-20(22)19-18(14(2)24-21-19)13-15-9-11-17(12-10-15)16-7-5-4-6-8-16/h4-12H,3,13H2,1-2H3. The van der Waals surface area contributed by atoms with Gasteiger partial charge in [0.2, 0.25) is 0 Å². The van der Waals surface area contributed by atoms with E-state index in [1.807, 2.05) is 25.1 Å². The van der Waals surface area contributed by atoms with Crippen molar-refractivity contribution in [1.29, 1.82) is 0 Å². The molecular weight excluding hydrogens is 302 g/mol. The van der Waals surface area contributed by atoms with Gasteiger partial charge in [0.15, 0.2) is 5.69 Å². The molecule has 0 atom stereocenters. The first-order chi connectivity index (χ1) is 11.7. The predicted octanol–water partition coefficient (Wildman–Crippen LogP) is 4.42. The summed E-state index contributed by atoms with van der Waals surface area (Å²) in [5, 5.41) is 3.85. The van der Waals surface area contributed by atoms with E-state index in [1.165, 1.54) is 5.56 Å². The number of carbonyl (C=O) groups is 1. The second-order valence-electron chi connectivity index (χ2n) is 5.53. The van der Waals surface area contributed by atoms with Crippen molar-refractivity contribution in [2.75, 3.05) is 6.61 Å². The Bertz CT molecular complexity index is 820. The maximum Gasteiger partial charge on any atom is 0.360 e. The molecular formula is C20H19NO3. The van der Waals surface area contributed by atoms with Gasteiger partial charge in [-0.2, -0.15) is 0 Å². The second-order valence-corrected chi connectivity index (χ2v) is 5.53. The summed E-state index contributed by atoms with van der Waals surface area (Å²) in [6.07, 6.45) is 0.582. The summed E-state index contributed by atoms with van der Waals surface area (Å²) < 4.78 is 10.2. The quantitative estimate of drug-likeness (QED) is 0.653. The largest absolute Gasteiger partial charge is 0.461 e. The maximum absolute atomic E-state index is 12.0. The van der Waals surface area contributed by atoms with Crippen LogP contribution in [0.5, 0.6) is 0 Å². The molecule has 122 valence electrons. The molecule has 1 heterocycles. The van der Waals surface area contributed by atoms with E-state index in [9.17, 15) is 4.79 Å². The SMILES string of the molecule is CCOC(=O)c1noc(C)c1Cc1ccc(-c2ccccc2)cc1. The Kier molecular flexibility index (Phi) is 4.75. The van der Waals surface area contributed by atoms with Gasteiger partial charge in [-0.15, -0.1) is 0 Å². The highest BCUT2D eigenvalue weighted by Gasteiger charge is 2.20. The van der Waals surface area contributed by atoms with E-state index in [0.29, 0.717) is 18.8 Å². The molecule has 0 spiro atoms. The number of aryl methyl sites for hydroxylation is 1. The lowest BCUT2D eigenvalue weighted by Gasteiger charge is -2.05. The monoisotopic (exact) mass is 321 g/mol. The van der Waals surface area contributed by atoms with Crippen molar-refractivity contribution in [3.05, 3.63) is 77.2 Å². The fraction of sp³-hybridized carbons (Fsp3) is 0.200. The minimum absolute atomic E-state index is 0.265. The zero-order valence-corrected chi connectivity index (χ0v) is 13.8. The van der Waals surface area contributed by atoms with Gasteiger partial charge in [-0.1, -0.05) is 59.8 Å². The third-order valence-corrected chi connectivity index (χ3v) is 3.90. The number of rotatable bonds is 5. The highest BCUT2D eigenvalue weighted by Crippen LogP contribution is 2.23. The molecule has 0 radical (unpaired) electrons. The van der Waals surface area contributed by atoms with Crippen LogP contribution in [0.25, 0.3) is 11.1 Å². The third-order valence-electron chi connectivity index (χ3n) is 3.90. The molecule has 3 rings (SSSR count). The van der Waals surface area contributed by atoms with Gasteiger partial charge in [0.05, 0.1) is 6.61 Å². The van der Waals surface area contributed by atoms with Crippen molar-refractivity contribution in [3.8, 4) is 11.1 Å². The van der Waals surface area contributed by atoms with Crippen molar-refractivity contribution >= 4 is 5.97 Å². The van der Waals surface area contributed by atoms with Crippen molar-refractivity contribution < 1.29 is 14.1 Å². The molecule has 0 bridgehead atoms. The number of esters is 1. The lowest BCUT2D eigenvalue weighted by Crippen LogP contribution is -2.08. The van der Waals surface area contributed by atoms with Gasteiger partial charge in [-0.3, -0.25) is 0 Å². The molecule has 4 heteroatoms. The minimum atomic E-state index is -0.440. The number of aromatic nitrogens is 1. The zero-order chi connectivity index (χ0) is 16.9. The van der Waals surface area contributed by atoms with Crippen LogP contribution in [0, 0.1) is 6.92 Å². The molecule has 0 amide bonds. The van der Waals surface area contributed by atoms with Crippen molar-refractivity contribution in [2.45, 2.75) is 20.3 Å². The molecule has 0 aliphatic carbocycles. The third kappa shape index (κ3) is 3.38. The zero-order valence-electron chi connectivity index (χ0n) is 13.8. The Morgan fingerprint density at radius 2 is 1.71 bits per heavy atom. The van der Waals surface area contributed by atoms with Gasteiger partial charge in [0, 0.05) is 12.0 Å². The topological polar surface area (TPSA) is 52.3 Å². The first kappa shape index (κ1) is 16.0. The van der Waals surface area contributed by atoms with Gasteiger partial charge >= 0.3 is 5.97 Å². The van der Waals surface area contributed by atoms with Crippen LogP contribution in [0.4, 0.5) is 0 Å². The number of hydrogen-bond donors (Lipinski definition) is 0. The normalized spacial score (nSPS) is 10.6. The van der Waals surface area contributed by atoms with Crippen LogP contribution in [-0.4, -0.2) is 17.7 Å². The number of benzene rings is 2. The van der Waals surface area contributed by atoms with Crippen molar-refractivity contribution in [3.63, 3.8) is 0 Å². The van der Waals surface area contributed by atoms with Crippen LogP contribution < -0.4 is 0 Å². The van der Waals surface area contributed by atoms with E-state index in [-0.39, 0.29) is 5.69 Å². The molecule has 2 aromatic carbocycles. The van der Waals surface area contributed by atoms with E-state index in [4.69, 9.17) is 9.26 Å². The molecule has 0 fully saturated rings. The highest BCUT2D eigenvalue weighted by molar-refractivity contribution is 5.89. The molecule has 3 aromatic rings. The van der Waals surface area contributed by atoms with E-state index in [2.05, 4.69) is 41.6 Å². The number of ether oxygens (including phenoxy) is 1. The predicted molar refractivity (Wildman–Crippen MR) is 91.9 cm³/mol. The van der Waals surface area contributed by atoms with Gasteiger partial charge in [0.1, 0.15) is 5.76 Å². The smallest absolute Gasteiger partial charge is 0.360 e. The molecule has 0 N–H and O–H groups in total. The first-order valence-electron chi connectivity index (χ1n) is 7.95. The molecule has 0 aliphatic heterocycles. The fourth-order valence-corrected chi connectivity index (χ4v) is 2.61. The average molecular weight is 321 g/mol. The minimum Gasteiger partial charge on any atom is -0.461 e. The van der Waals surface area contributed by atoms with Crippen LogP contribution in [0.1, 0.15) is 34.3 Å².